The van der Waals surface area contributed by atoms with E-state index >= 15 is 0 Å². The van der Waals surface area contributed by atoms with Gasteiger partial charge in [0.1, 0.15) is 0 Å². The van der Waals surface area contributed by atoms with Crippen LogP contribution in [0.3, 0.4) is 0 Å². The second-order valence-corrected chi connectivity index (χ2v) is 7.92. The standard InChI is InChI=1S/C17H22N2S2/c1-12-17(20-11-18-12)13(2)19-15-9-5-6-10-16(15)21-14-7-3-4-8-14/h5-6,9-11,13-14,19H,3-4,7-8H2,1-2H3. The maximum atomic E-state index is 4.36. The molecular weight excluding hydrogens is 296 g/mol. The third-order valence-electron chi connectivity index (χ3n) is 4.03. The maximum absolute atomic E-state index is 4.36. The number of nitrogens with one attached hydrogen (secondary N) is 1. The van der Waals surface area contributed by atoms with E-state index in [1.807, 2.05) is 17.3 Å². The largest absolute Gasteiger partial charge is 0.377 e. The lowest BCUT2D eigenvalue weighted by molar-refractivity contribution is 0.882. The lowest BCUT2D eigenvalue weighted by atomic mass is 10.2. The Morgan fingerprint density at radius 2 is 2.05 bits per heavy atom. The normalized spacial score (nSPS) is 17.0. The van der Waals surface area contributed by atoms with Crippen LogP contribution in [0.1, 0.15) is 49.2 Å². The fraction of sp³-hybridized carbons (Fsp3) is 0.471. The summed E-state index contributed by atoms with van der Waals surface area (Å²) in [4.78, 5) is 7.07. The van der Waals surface area contributed by atoms with Gasteiger partial charge in [0.05, 0.1) is 17.2 Å². The van der Waals surface area contributed by atoms with Crippen LogP contribution < -0.4 is 5.32 Å². The molecule has 0 bridgehead atoms. The van der Waals surface area contributed by atoms with Gasteiger partial charge in [0.2, 0.25) is 0 Å². The monoisotopic (exact) mass is 318 g/mol. The molecular formula is C17H22N2S2. The number of benzene rings is 1. The second kappa shape index (κ2) is 6.84. The van der Waals surface area contributed by atoms with Gasteiger partial charge in [0.25, 0.3) is 0 Å². The topological polar surface area (TPSA) is 24.9 Å². The molecule has 2 nitrogen and oxygen atoms in total. The van der Waals surface area contributed by atoms with Crippen molar-refractivity contribution in [1.82, 2.24) is 4.98 Å². The molecule has 0 radical (unpaired) electrons. The van der Waals surface area contributed by atoms with Crippen LogP contribution in [-0.2, 0) is 0 Å². The zero-order chi connectivity index (χ0) is 14.7. The number of aromatic nitrogens is 1. The number of aryl methyl sites for hydroxylation is 1. The lowest BCUT2D eigenvalue weighted by Crippen LogP contribution is -2.07. The van der Waals surface area contributed by atoms with Crippen LogP contribution >= 0.6 is 23.1 Å². The van der Waals surface area contributed by atoms with Crippen molar-refractivity contribution in [3.8, 4) is 0 Å². The first-order chi connectivity index (χ1) is 10.2. The predicted octanol–water partition coefficient (Wildman–Crippen LogP) is 5.66. The summed E-state index contributed by atoms with van der Waals surface area (Å²) in [5.41, 5.74) is 4.33. The Balaban J connectivity index is 1.74. The van der Waals surface area contributed by atoms with Crippen LogP contribution in [0.25, 0.3) is 0 Å². The van der Waals surface area contributed by atoms with Crippen molar-refractivity contribution in [2.45, 2.75) is 55.7 Å². The molecule has 0 spiro atoms. The molecule has 0 saturated heterocycles. The fourth-order valence-corrected chi connectivity index (χ4v) is 5.05. The van der Waals surface area contributed by atoms with E-state index in [1.165, 1.54) is 41.1 Å². The number of thiazole rings is 1. The van der Waals surface area contributed by atoms with Gasteiger partial charge in [-0.2, -0.15) is 0 Å². The van der Waals surface area contributed by atoms with Crippen molar-refractivity contribution in [1.29, 1.82) is 0 Å². The Kier molecular flexibility index (Phi) is 4.86. The van der Waals surface area contributed by atoms with Gasteiger partial charge in [-0.1, -0.05) is 25.0 Å². The summed E-state index contributed by atoms with van der Waals surface area (Å²) >= 11 is 3.78. The number of anilines is 1. The maximum Gasteiger partial charge on any atom is 0.0798 e. The van der Waals surface area contributed by atoms with Crippen molar-refractivity contribution in [2.24, 2.45) is 0 Å². The van der Waals surface area contributed by atoms with Crippen molar-refractivity contribution in [3.05, 3.63) is 40.3 Å². The summed E-state index contributed by atoms with van der Waals surface area (Å²) in [6.07, 6.45) is 5.51. The van der Waals surface area contributed by atoms with Crippen LogP contribution in [0.4, 0.5) is 5.69 Å². The highest BCUT2D eigenvalue weighted by Gasteiger charge is 2.18. The molecule has 3 rings (SSSR count). The minimum absolute atomic E-state index is 0.308. The van der Waals surface area contributed by atoms with E-state index in [-0.39, 0.29) is 0 Å². The Labute approximate surface area is 135 Å². The van der Waals surface area contributed by atoms with Crippen LogP contribution in [0, 0.1) is 6.92 Å². The van der Waals surface area contributed by atoms with Crippen LogP contribution in [0.15, 0.2) is 34.7 Å². The SMILES string of the molecule is Cc1ncsc1C(C)Nc1ccccc1SC1CCCC1. The quantitative estimate of drug-likeness (QED) is 0.770. The van der Waals surface area contributed by atoms with Crippen molar-refractivity contribution >= 4 is 28.8 Å². The average molecular weight is 319 g/mol. The van der Waals surface area contributed by atoms with E-state index in [0.29, 0.717) is 6.04 Å². The lowest BCUT2D eigenvalue weighted by Gasteiger charge is -2.19. The number of thioether (sulfide) groups is 1. The highest BCUT2D eigenvalue weighted by molar-refractivity contribution is 8.00. The molecule has 4 heteroatoms. The number of para-hydroxylation sites is 1. The van der Waals surface area contributed by atoms with Crippen LogP contribution in [0.5, 0.6) is 0 Å². The average Bonchev–Trinajstić information content (AvgIpc) is 3.12. The van der Waals surface area contributed by atoms with Gasteiger partial charge in [-0.25, -0.2) is 4.98 Å². The van der Waals surface area contributed by atoms with E-state index in [1.54, 1.807) is 11.3 Å². The van der Waals surface area contributed by atoms with Gasteiger partial charge in [0.15, 0.2) is 0 Å². The third-order valence-corrected chi connectivity index (χ3v) is 6.56. The summed E-state index contributed by atoms with van der Waals surface area (Å²) in [6.45, 7) is 4.31. The summed E-state index contributed by atoms with van der Waals surface area (Å²) in [5.74, 6) is 0. The first-order valence-electron chi connectivity index (χ1n) is 7.66. The second-order valence-electron chi connectivity index (χ2n) is 5.69. The van der Waals surface area contributed by atoms with Crippen molar-refractivity contribution < 1.29 is 0 Å². The van der Waals surface area contributed by atoms with E-state index in [9.17, 15) is 0 Å². The van der Waals surface area contributed by atoms with Crippen LogP contribution in [0.2, 0.25) is 0 Å². The molecule has 1 aliphatic carbocycles. The number of hydrogen-bond donors (Lipinski definition) is 1. The Morgan fingerprint density at radius 3 is 2.76 bits per heavy atom. The van der Waals surface area contributed by atoms with Crippen molar-refractivity contribution in [2.75, 3.05) is 5.32 Å². The Morgan fingerprint density at radius 1 is 1.29 bits per heavy atom. The molecule has 1 heterocycles. The minimum atomic E-state index is 0.308. The molecule has 2 aromatic rings. The smallest absolute Gasteiger partial charge is 0.0798 e. The molecule has 1 fully saturated rings. The number of rotatable bonds is 5. The molecule has 0 amide bonds. The van der Waals surface area contributed by atoms with Gasteiger partial charge < -0.3 is 5.32 Å². The highest BCUT2D eigenvalue weighted by atomic mass is 32.2. The first-order valence-corrected chi connectivity index (χ1v) is 9.42. The van der Waals surface area contributed by atoms with Gasteiger partial charge in [-0.05, 0) is 38.8 Å². The zero-order valence-corrected chi connectivity index (χ0v) is 14.3. The van der Waals surface area contributed by atoms with Gasteiger partial charge in [0, 0.05) is 20.7 Å². The van der Waals surface area contributed by atoms with E-state index in [4.69, 9.17) is 0 Å². The molecule has 112 valence electrons. The molecule has 1 unspecified atom stereocenters. The summed E-state index contributed by atoms with van der Waals surface area (Å²) in [7, 11) is 0. The Hall–Kier alpha value is -1.00. The highest BCUT2D eigenvalue weighted by Crippen LogP contribution is 2.39. The van der Waals surface area contributed by atoms with E-state index < -0.39 is 0 Å². The third kappa shape index (κ3) is 3.61. The molecule has 1 aromatic heterocycles. The molecule has 1 aromatic carbocycles. The minimum Gasteiger partial charge on any atom is -0.377 e. The molecule has 1 N–H and O–H groups in total. The number of hydrogen-bond acceptors (Lipinski definition) is 4. The molecule has 0 aliphatic heterocycles. The number of nitrogens with zero attached hydrogens (tertiary/aromatic N) is 1. The van der Waals surface area contributed by atoms with Gasteiger partial charge >= 0.3 is 0 Å². The molecule has 1 atom stereocenters. The molecule has 21 heavy (non-hydrogen) atoms. The summed E-state index contributed by atoms with van der Waals surface area (Å²) in [6, 6.07) is 9.02. The van der Waals surface area contributed by atoms with E-state index in [0.717, 1.165) is 10.9 Å². The van der Waals surface area contributed by atoms with Gasteiger partial charge in [-0.3, -0.25) is 0 Å². The summed E-state index contributed by atoms with van der Waals surface area (Å²) in [5, 5.41) is 4.48. The summed E-state index contributed by atoms with van der Waals surface area (Å²) < 4.78 is 0. The molecule has 1 saturated carbocycles. The first kappa shape index (κ1) is 14.9. The zero-order valence-electron chi connectivity index (χ0n) is 12.6. The van der Waals surface area contributed by atoms with Crippen LogP contribution in [-0.4, -0.2) is 10.2 Å². The van der Waals surface area contributed by atoms with Gasteiger partial charge in [-0.15, -0.1) is 23.1 Å². The fourth-order valence-electron chi connectivity index (χ4n) is 2.90. The predicted molar refractivity (Wildman–Crippen MR) is 93.4 cm³/mol. The van der Waals surface area contributed by atoms with E-state index in [2.05, 4.69) is 48.4 Å². The Bertz CT molecular complexity index is 588. The van der Waals surface area contributed by atoms with Crippen molar-refractivity contribution in [3.63, 3.8) is 0 Å². The molecule has 1 aliphatic rings.